The first-order valence-corrected chi connectivity index (χ1v) is 13.5. The highest BCUT2D eigenvalue weighted by molar-refractivity contribution is 5.78. The number of halogens is 5. The van der Waals surface area contributed by atoms with Crippen molar-refractivity contribution in [2.24, 2.45) is 11.7 Å². The fourth-order valence-corrected chi connectivity index (χ4v) is 5.83. The van der Waals surface area contributed by atoms with Gasteiger partial charge >= 0.3 is 11.9 Å². The molecule has 3 atom stereocenters. The first-order chi connectivity index (χ1) is 19.5. The van der Waals surface area contributed by atoms with Crippen LogP contribution >= 0.6 is 0 Å². The van der Waals surface area contributed by atoms with E-state index in [-0.39, 0.29) is 30.0 Å². The molecule has 0 aliphatic carbocycles. The molecule has 1 saturated heterocycles. The summed E-state index contributed by atoms with van der Waals surface area (Å²) in [7, 11) is 0. The highest BCUT2D eigenvalue weighted by Gasteiger charge is 2.34. The molecule has 2 aromatic carbocycles. The summed E-state index contributed by atoms with van der Waals surface area (Å²) in [4.78, 5) is 10.4. The maximum Gasteiger partial charge on any atom is 0.324 e. The molecule has 0 bridgehead atoms. The molecule has 41 heavy (non-hydrogen) atoms. The summed E-state index contributed by atoms with van der Waals surface area (Å²) in [6.07, 6.45) is 1.66. The van der Waals surface area contributed by atoms with Gasteiger partial charge in [0.1, 0.15) is 17.4 Å². The van der Waals surface area contributed by atoms with E-state index in [1.165, 1.54) is 0 Å². The van der Waals surface area contributed by atoms with Gasteiger partial charge in [-0.2, -0.15) is 13.8 Å². The van der Waals surface area contributed by atoms with Crippen LogP contribution in [-0.2, 0) is 18.9 Å². The van der Waals surface area contributed by atoms with E-state index in [0.29, 0.717) is 42.8 Å². The van der Waals surface area contributed by atoms with Crippen molar-refractivity contribution in [2.75, 3.05) is 18.0 Å². The Morgan fingerprint density at radius 3 is 2.49 bits per heavy atom. The average Bonchev–Trinajstić information content (AvgIpc) is 3.56. The monoisotopic (exact) mass is 576 g/mol. The number of nitrogens with zero attached hydrogens (tertiary/aromatic N) is 5. The molecule has 0 amide bonds. The summed E-state index contributed by atoms with van der Waals surface area (Å²) in [6, 6.07) is 6.62. The largest absolute Gasteiger partial charge is 0.490 e. The number of alkyl halides is 2. The first kappa shape index (κ1) is 27.4. The second-order valence-corrected chi connectivity index (χ2v) is 11.0. The number of nitrogens with two attached hydrogens (primary N) is 1. The van der Waals surface area contributed by atoms with Crippen molar-refractivity contribution >= 4 is 17.0 Å². The maximum atomic E-state index is 14.5. The summed E-state index contributed by atoms with van der Waals surface area (Å²) in [5, 5.41) is 3.39. The van der Waals surface area contributed by atoms with Crippen molar-refractivity contribution < 1.29 is 31.2 Å². The van der Waals surface area contributed by atoms with Crippen molar-refractivity contribution in [3.8, 4) is 5.75 Å². The molecule has 4 heterocycles. The standard InChI is InChI=1S/C28H29F5N6O2/c1-14(15-5-7-38(8-6-15)27-36-26(37-41-27)28(2,32)33)40-16-3-4-24-23(9-16)35-25-11-18(22(34)13-39(24)25)17-10-20(30)21(31)12-19(17)29/h3-4,9-10,12,14-15,18,22H,5-8,11,13,34H2,1-2H3/t14-,18+,22-/m0/s1. The number of piperidine rings is 1. The molecular weight excluding hydrogens is 547 g/mol. The Balaban J connectivity index is 1.12. The van der Waals surface area contributed by atoms with Gasteiger partial charge in [0, 0.05) is 57.1 Å². The smallest absolute Gasteiger partial charge is 0.324 e. The normalized spacial score (nSPS) is 20.8. The molecule has 1 fully saturated rings. The lowest BCUT2D eigenvalue weighted by atomic mass is 9.86. The van der Waals surface area contributed by atoms with Crippen LogP contribution in [0.15, 0.2) is 34.9 Å². The second kappa shape index (κ2) is 10.3. The van der Waals surface area contributed by atoms with E-state index in [9.17, 15) is 22.0 Å². The van der Waals surface area contributed by atoms with Crippen LogP contribution in [0.4, 0.5) is 28.0 Å². The van der Waals surface area contributed by atoms with Gasteiger partial charge in [-0.1, -0.05) is 5.16 Å². The van der Waals surface area contributed by atoms with Crippen LogP contribution in [0, 0.1) is 23.4 Å². The highest BCUT2D eigenvalue weighted by atomic mass is 19.3. The lowest BCUT2D eigenvalue weighted by Gasteiger charge is -2.33. The van der Waals surface area contributed by atoms with Crippen molar-refractivity contribution in [2.45, 2.75) is 63.6 Å². The van der Waals surface area contributed by atoms with Crippen molar-refractivity contribution in [1.29, 1.82) is 0 Å². The van der Waals surface area contributed by atoms with Crippen molar-refractivity contribution in [3.63, 3.8) is 0 Å². The molecule has 2 aromatic heterocycles. The number of rotatable bonds is 6. The molecule has 0 unspecified atom stereocenters. The van der Waals surface area contributed by atoms with Gasteiger partial charge in [0.15, 0.2) is 11.6 Å². The number of ether oxygens (including phenoxy) is 1. The minimum Gasteiger partial charge on any atom is -0.490 e. The van der Waals surface area contributed by atoms with E-state index >= 15 is 0 Å². The van der Waals surface area contributed by atoms with Crippen LogP contribution in [-0.4, -0.2) is 44.9 Å². The van der Waals surface area contributed by atoms with Gasteiger partial charge in [0.25, 0.3) is 0 Å². The predicted molar refractivity (Wildman–Crippen MR) is 139 cm³/mol. The summed E-state index contributed by atoms with van der Waals surface area (Å²) < 4.78 is 82.0. The minimum atomic E-state index is -3.16. The van der Waals surface area contributed by atoms with Crippen molar-refractivity contribution in [3.05, 3.63) is 65.0 Å². The van der Waals surface area contributed by atoms with Crippen LogP contribution in [0.1, 0.15) is 49.8 Å². The second-order valence-electron chi connectivity index (χ2n) is 11.0. The van der Waals surface area contributed by atoms with Gasteiger partial charge in [-0.3, -0.25) is 0 Å². The summed E-state index contributed by atoms with van der Waals surface area (Å²) in [6.45, 7) is 4.21. The molecule has 2 aliphatic rings. The molecule has 0 spiro atoms. The third-order valence-corrected chi connectivity index (χ3v) is 8.15. The number of hydrogen-bond donors (Lipinski definition) is 1. The third kappa shape index (κ3) is 5.22. The summed E-state index contributed by atoms with van der Waals surface area (Å²) in [5.74, 6) is -5.97. The maximum absolute atomic E-state index is 14.5. The van der Waals surface area contributed by atoms with E-state index in [1.54, 1.807) is 4.90 Å². The van der Waals surface area contributed by atoms with Crippen LogP contribution in [0.5, 0.6) is 5.75 Å². The summed E-state index contributed by atoms with van der Waals surface area (Å²) >= 11 is 0. The van der Waals surface area contributed by atoms with Crippen molar-refractivity contribution in [1.82, 2.24) is 19.7 Å². The minimum absolute atomic E-state index is 0.0430. The van der Waals surface area contributed by atoms with E-state index in [1.807, 2.05) is 29.7 Å². The predicted octanol–water partition coefficient (Wildman–Crippen LogP) is 5.30. The van der Waals surface area contributed by atoms with Crippen LogP contribution in [0.3, 0.4) is 0 Å². The Labute approximate surface area is 232 Å². The lowest BCUT2D eigenvalue weighted by molar-refractivity contribution is 0.00559. The Morgan fingerprint density at radius 2 is 1.78 bits per heavy atom. The third-order valence-electron chi connectivity index (χ3n) is 8.15. The molecule has 6 rings (SSSR count). The van der Waals surface area contributed by atoms with Crippen LogP contribution in [0.2, 0.25) is 0 Å². The SMILES string of the molecule is C[C@H](Oc1ccc2c(c1)nc1n2C[C@H](N)[C@@H](c2cc(F)c(F)cc2F)C1)C1CCN(c2nc(C(C)(F)F)no2)CC1. The fraction of sp³-hybridized carbons (Fsp3) is 0.464. The fourth-order valence-electron chi connectivity index (χ4n) is 5.83. The van der Waals surface area contributed by atoms with Gasteiger partial charge < -0.3 is 24.5 Å². The molecule has 0 saturated carbocycles. The number of anilines is 1. The molecule has 13 heteroatoms. The zero-order chi connectivity index (χ0) is 29.1. The number of imidazole rings is 1. The topological polar surface area (TPSA) is 95.2 Å². The Bertz CT molecular complexity index is 1580. The van der Waals surface area contributed by atoms with E-state index in [2.05, 4.69) is 10.1 Å². The van der Waals surface area contributed by atoms with Crippen LogP contribution < -0.4 is 15.4 Å². The molecule has 0 radical (unpaired) electrons. The Hall–Kier alpha value is -3.74. The zero-order valence-electron chi connectivity index (χ0n) is 22.5. The van der Waals surface area contributed by atoms with Gasteiger partial charge in [-0.15, -0.1) is 0 Å². The van der Waals surface area contributed by atoms with E-state index in [0.717, 1.165) is 31.3 Å². The zero-order valence-corrected chi connectivity index (χ0v) is 22.5. The number of fused-ring (bicyclic) bond motifs is 3. The van der Waals surface area contributed by atoms with Gasteiger partial charge in [0.2, 0.25) is 5.82 Å². The van der Waals surface area contributed by atoms with Crippen LogP contribution in [0.25, 0.3) is 11.0 Å². The molecule has 2 aliphatic heterocycles. The van der Waals surface area contributed by atoms with Gasteiger partial charge in [0.05, 0.1) is 17.1 Å². The van der Waals surface area contributed by atoms with E-state index < -0.39 is 41.2 Å². The first-order valence-electron chi connectivity index (χ1n) is 13.5. The Kier molecular flexibility index (Phi) is 6.87. The van der Waals surface area contributed by atoms with Gasteiger partial charge in [-0.25, -0.2) is 18.2 Å². The molecule has 218 valence electrons. The molecule has 2 N–H and O–H groups in total. The molecule has 8 nitrogen and oxygen atoms in total. The lowest BCUT2D eigenvalue weighted by Crippen LogP contribution is -2.39. The number of hydrogen-bond acceptors (Lipinski definition) is 7. The number of aromatic nitrogens is 4. The molecular formula is C28H29F5N6O2. The highest BCUT2D eigenvalue weighted by Crippen LogP contribution is 2.35. The quantitative estimate of drug-likeness (QED) is 0.246. The van der Waals surface area contributed by atoms with Gasteiger partial charge in [-0.05, 0) is 49.4 Å². The summed E-state index contributed by atoms with van der Waals surface area (Å²) in [5.41, 5.74) is 7.96. The molecule has 4 aromatic rings. The average molecular weight is 577 g/mol. The number of benzene rings is 2. The Morgan fingerprint density at radius 1 is 1.05 bits per heavy atom. The van der Waals surface area contributed by atoms with E-state index in [4.69, 9.17) is 20.0 Å².